The van der Waals surface area contributed by atoms with E-state index in [4.69, 9.17) is 4.74 Å². The van der Waals surface area contributed by atoms with Gasteiger partial charge >= 0.3 is 0 Å². The lowest BCUT2D eigenvalue weighted by Crippen LogP contribution is -2.07. The van der Waals surface area contributed by atoms with Gasteiger partial charge in [-0.05, 0) is 30.5 Å². The minimum Gasteiger partial charge on any atom is -0.384 e. The van der Waals surface area contributed by atoms with Crippen molar-refractivity contribution in [3.63, 3.8) is 0 Å². The first-order valence-corrected chi connectivity index (χ1v) is 5.51. The Morgan fingerprint density at radius 1 is 1.50 bits per heavy atom. The minimum atomic E-state index is -0.166. The van der Waals surface area contributed by atoms with E-state index in [1.165, 1.54) is 6.07 Å². The lowest BCUT2D eigenvalue weighted by Gasteiger charge is -2.07. The lowest BCUT2D eigenvalue weighted by atomic mass is 10.1. The summed E-state index contributed by atoms with van der Waals surface area (Å²) in [7, 11) is 1.68. The molecule has 0 N–H and O–H groups in total. The van der Waals surface area contributed by atoms with Crippen molar-refractivity contribution in [1.82, 2.24) is 0 Å². The summed E-state index contributed by atoms with van der Waals surface area (Å²) < 4.78 is 17.8. The van der Waals surface area contributed by atoms with E-state index in [2.05, 4.69) is 15.9 Å². The van der Waals surface area contributed by atoms with E-state index in [0.717, 1.165) is 18.4 Å². The van der Waals surface area contributed by atoms with E-state index in [1.807, 2.05) is 6.07 Å². The highest BCUT2D eigenvalue weighted by Crippen LogP contribution is 2.12. The molecule has 14 heavy (non-hydrogen) atoms. The molecule has 0 aromatic heterocycles. The number of ether oxygens (including phenoxy) is 1. The predicted molar refractivity (Wildman–Crippen MR) is 59.3 cm³/mol. The number of hydrogen-bond acceptors (Lipinski definition) is 1. The number of aryl methyl sites for hydroxylation is 1. The second-order valence-corrected chi connectivity index (χ2v) is 4.52. The maximum absolute atomic E-state index is 12.8. The molecule has 0 aliphatic heterocycles. The largest absolute Gasteiger partial charge is 0.384 e. The van der Waals surface area contributed by atoms with Gasteiger partial charge in [-0.2, -0.15) is 0 Å². The minimum absolute atomic E-state index is 0.166. The summed E-state index contributed by atoms with van der Waals surface area (Å²) in [5.41, 5.74) is 1.03. The Labute approximate surface area is 92.4 Å². The van der Waals surface area contributed by atoms with Crippen molar-refractivity contribution in [2.75, 3.05) is 13.7 Å². The van der Waals surface area contributed by atoms with E-state index in [9.17, 15) is 4.39 Å². The maximum Gasteiger partial charge on any atom is 0.123 e. The smallest absolute Gasteiger partial charge is 0.123 e. The highest BCUT2D eigenvalue weighted by molar-refractivity contribution is 9.09. The molecule has 3 heteroatoms. The molecule has 0 bridgehead atoms. The molecule has 0 saturated carbocycles. The zero-order chi connectivity index (χ0) is 10.4. The van der Waals surface area contributed by atoms with Gasteiger partial charge in [-0.1, -0.05) is 28.1 Å². The third-order valence-corrected chi connectivity index (χ3v) is 2.70. The molecule has 0 saturated heterocycles. The van der Waals surface area contributed by atoms with Gasteiger partial charge in [0.15, 0.2) is 0 Å². The Kier molecular flexibility index (Phi) is 5.12. The molecule has 0 aliphatic carbocycles. The molecule has 0 amide bonds. The molecule has 1 unspecified atom stereocenters. The van der Waals surface area contributed by atoms with Crippen LogP contribution in [0.1, 0.15) is 12.0 Å². The summed E-state index contributed by atoms with van der Waals surface area (Å²) in [6.07, 6.45) is 1.83. The van der Waals surface area contributed by atoms with Gasteiger partial charge in [-0.25, -0.2) is 4.39 Å². The van der Waals surface area contributed by atoms with Crippen LogP contribution < -0.4 is 0 Å². The zero-order valence-corrected chi connectivity index (χ0v) is 9.76. The van der Waals surface area contributed by atoms with E-state index in [0.29, 0.717) is 11.4 Å². The molecule has 1 atom stereocenters. The van der Waals surface area contributed by atoms with Crippen LogP contribution in [0.2, 0.25) is 0 Å². The molecule has 0 radical (unpaired) electrons. The molecular formula is C11H14BrFO. The normalized spacial score (nSPS) is 12.8. The average Bonchev–Trinajstić information content (AvgIpc) is 2.15. The van der Waals surface area contributed by atoms with Crippen LogP contribution in [0.5, 0.6) is 0 Å². The topological polar surface area (TPSA) is 9.23 Å². The summed E-state index contributed by atoms with van der Waals surface area (Å²) >= 11 is 3.50. The molecule has 0 spiro atoms. The predicted octanol–water partition coefficient (Wildman–Crippen LogP) is 3.17. The average molecular weight is 261 g/mol. The molecule has 0 fully saturated rings. The number of hydrogen-bond donors (Lipinski definition) is 0. The zero-order valence-electron chi connectivity index (χ0n) is 8.17. The highest BCUT2D eigenvalue weighted by atomic mass is 79.9. The second kappa shape index (κ2) is 6.14. The van der Waals surface area contributed by atoms with Crippen molar-refractivity contribution in [1.29, 1.82) is 0 Å². The molecule has 1 rings (SSSR count). The standard InChI is InChI=1S/C11H14BrFO/c1-14-8-10(12)6-5-9-3-2-4-11(13)7-9/h2-4,7,10H,5-6,8H2,1H3. The van der Waals surface area contributed by atoms with Crippen molar-refractivity contribution in [2.45, 2.75) is 17.7 Å². The molecule has 1 aromatic carbocycles. The van der Waals surface area contributed by atoms with Crippen LogP contribution in [-0.4, -0.2) is 18.5 Å². The van der Waals surface area contributed by atoms with Gasteiger partial charge < -0.3 is 4.74 Å². The van der Waals surface area contributed by atoms with Crippen molar-refractivity contribution >= 4 is 15.9 Å². The first kappa shape index (κ1) is 11.7. The summed E-state index contributed by atoms with van der Waals surface area (Å²) in [5, 5.41) is 0. The Hall–Kier alpha value is -0.410. The van der Waals surface area contributed by atoms with Crippen LogP contribution in [0, 0.1) is 5.82 Å². The number of rotatable bonds is 5. The summed E-state index contributed by atoms with van der Waals surface area (Å²) in [4.78, 5) is 0.343. The summed E-state index contributed by atoms with van der Waals surface area (Å²) in [5.74, 6) is -0.166. The van der Waals surface area contributed by atoms with Crippen molar-refractivity contribution < 1.29 is 9.13 Å². The van der Waals surface area contributed by atoms with Gasteiger partial charge in [0.2, 0.25) is 0 Å². The first-order valence-electron chi connectivity index (χ1n) is 4.60. The van der Waals surface area contributed by atoms with E-state index in [1.54, 1.807) is 19.2 Å². The van der Waals surface area contributed by atoms with Crippen LogP contribution in [0.25, 0.3) is 0 Å². The van der Waals surface area contributed by atoms with Gasteiger partial charge in [-0.3, -0.25) is 0 Å². The Morgan fingerprint density at radius 3 is 2.93 bits per heavy atom. The van der Waals surface area contributed by atoms with E-state index in [-0.39, 0.29) is 5.82 Å². The van der Waals surface area contributed by atoms with Crippen LogP contribution in [-0.2, 0) is 11.2 Å². The summed E-state index contributed by atoms with van der Waals surface area (Å²) in [6, 6.07) is 6.72. The summed E-state index contributed by atoms with van der Waals surface area (Å²) in [6.45, 7) is 0.690. The first-order chi connectivity index (χ1) is 6.72. The maximum atomic E-state index is 12.8. The van der Waals surface area contributed by atoms with Gasteiger partial charge in [0.05, 0.1) is 6.61 Å². The molecule has 0 aliphatic rings. The second-order valence-electron chi connectivity index (χ2n) is 3.22. The third kappa shape index (κ3) is 4.20. The van der Waals surface area contributed by atoms with Gasteiger partial charge in [0, 0.05) is 11.9 Å². The van der Waals surface area contributed by atoms with Gasteiger partial charge in [-0.15, -0.1) is 0 Å². The SMILES string of the molecule is COCC(Br)CCc1cccc(F)c1. The van der Waals surface area contributed by atoms with Gasteiger partial charge in [0.25, 0.3) is 0 Å². The van der Waals surface area contributed by atoms with Crippen molar-refractivity contribution in [3.05, 3.63) is 35.6 Å². The lowest BCUT2D eigenvalue weighted by molar-refractivity contribution is 0.198. The fraction of sp³-hybridized carbons (Fsp3) is 0.455. The van der Waals surface area contributed by atoms with E-state index >= 15 is 0 Å². The molecule has 1 aromatic rings. The van der Waals surface area contributed by atoms with E-state index < -0.39 is 0 Å². The Balaban J connectivity index is 2.37. The number of halogens is 2. The van der Waals surface area contributed by atoms with Crippen LogP contribution in [0.15, 0.2) is 24.3 Å². The van der Waals surface area contributed by atoms with Crippen molar-refractivity contribution in [2.24, 2.45) is 0 Å². The molecular weight excluding hydrogens is 247 g/mol. The molecule has 78 valence electrons. The number of benzene rings is 1. The molecule has 0 heterocycles. The Bertz CT molecular complexity index is 278. The monoisotopic (exact) mass is 260 g/mol. The van der Waals surface area contributed by atoms with Crippen molar-refractivity contribution in [3.8, 4) is 0 Å². The highest BCUT2D eigenvalue weighted by Gasteiger charge is 2.04. The fourth-order valence-electron chi connectivity index (χ4n) is 1.28. The number of alkyl halides is 1. The van der Waals surface area contributed by atoms with Gasteiger partial charge in [0.1, 0.15) is 5.82 Å². The van der Waals surface area contributed by atoms with Crippen LogP contribution in [0.3, 0.4) is 0 Å². The quantitative estimate of drug-likeness (QED) is 0.740. The number of methoxy groups -OCH3 is 1. The third-order valence-electron chi connectivity index (χ3n) is 1.98. The van der Waals surface area contributed by atoms with Crippen LogP contribution >= 0.6 is 15.9 Å². The fourth-order valence-corrected chi connectivity index (χ4v) is 1.77. The Morgan fingerprint density at radius 2 is 2.29 bits per heavy atom. The molecule has 1 nitrogen and oxygen atoms in total. The van der Waals surface area contributed by atoms with Crippen LogP contribution in [0.4, 0.5) is 4.39 Å².